The fourth-order valence-corrected chi connectivity index (χ4v) is 2.59. The molecular formula is C13H13NO3. The van der Waals surface area contributed by atoms with E-state index in [2.05, 4.69) is 4.98 Å². The van der Waals surface area contributed by atoms with Gasteiger partial charge in [-0.2, -0.15) is 0 Å². The van der Waals surface area contributed by atoms with Gasteiger partial charge in [0, 0.05) is 18.0 Å². The first-order chi connectivity index (χ1) is 8.12. The maximum Gasteiger partial charge on any atom is 0.337 e. The number of aromatic nitrogens is 1. The third-order valence-electron chi connectivity index (χ3n) is 3.48. The zero-order chi connectivity index (χ0) is 12.0. The van der Waals surface area contributed by atoms with Crippen LogP contribution in [0.3, 0.4) is 0 Å². The van der Waals surface area contributed by atoms with Gasteiger partial charge in [-0.05, 0) is 37.5 Å². The Hall–Kier alpha value is -1.68. The van der Waals surface area contributed by atoms with Crippen molar-refractivity contribution in [2.75, 3.05) is 0 Å². The van der Waals surface area contributed by atoms with Gasteiger partial charge in [0.1, 0.15) is 0 Å². The minimum Gasteiger partial charge on any atom is -0.446 e. The highest BCUT2D eigenvalue weighted by molar-refractivity contribution is 5.93. The first-order valence-corrected chi connectivity index (χ1v) is 5.70. The van der Waals surface area contributed by atoms with Gasteiger partial charge in [0.15, 0.2) is 5.60 Å². The fourth-order valence-electron chi connectivity index (χ4n) is 2.59. The van der Waals surface area contributed by atoms with Crippen LogP contribution >= 0.6 is 0 Å². The molecule has 1 N–H and O–H groups in total. The smallest absolute Gasteiger partial charge is 0.337 e. The summed E-state index contributed by atoms with van der Waals surface area (Å²) < 4.78 is 5.48. The fraction of sp³-hybridized carbons (Fsp3) is 0.385. The molecule has 17 heavy (non-hydrogen) atoms. The van der Waals surface area contributed by atoms with Gasteiger partial charge < -0.3 is 9.84 Å². The van der Waals surface area contributed by atoms with Crippen molar-refractivity contribution in [3.8, 4) is 0 Å². The molecule has 1 aliphatic heterocycles. The molecular weight excluding hydrogens is 218 g/mol. The lowest BCUT2D eigenvalue weighted by molar-refractivity contribution is -0.147. The maximum atomic E-state index is 11.7. The lowest BCUT2D eigenvalue weighted by atomic mass is 9.95. The number of rotatable bonds is 1. The van der Waals surface area contributed by atoms with Crippen LogP contribution < -0.4 is 0 Å². The second-order valence-corrected chi connectivity index (χ2v) is 4.59. The monoisotopic (exact) mass is 231 g/mol. The Bertz CT molecular complexity index is 521. The highest BCUT2D eigenvalue weighted by Crippen LogP contribution is 2.45. The topological polar surface area (TPSA) is 59.4 Å². The van der Waals surface area contributed by atoms with Crippen molar-refractivity contribution in [3.05, 3.63) is 41.2 Å². The largest absolute Gasteiger partial charge is 0.446 e. The van der Waals surface area contributed by atoms with Gasteiger partial charge in [-0.1, -0.05) is 0 Å². The van der Waals surface area contributed by atoms with Crippen molar-refractivity contribution < 1.29 is 14.6 Å². The SMILES string of the molecule is C[C@@H](O)C1=C[C@]2(CCc3ccncc32)OC1=O. The summed E-state index contributed by atoms with van der Waals surface area (Å²) in [5, 5.41) is 9.53. The number of hydrogen-bond acceptors (Lipinski definition) is 4. The number of carbonyl (C=O) groups excluding carboxylic acids is 1. The van der Waals surface area contributed by atoms with E-state index in [1.54, 1.807) is 25.4 Å². The van der Waals surface area contributed by atoms with E-state index in [4.69, 9.17) is 4.74 Å². The van der Waals surface area contributed by atoms with Crippen LogP contribution in [0.25, 0.3) is 0 Å². The molecule has 0 saturated heterocycles. The number of aryl methyl sites for hydroxylation is 1. The van der Waals surface area contributed by atoms with Crippen LogP contribution in [0.15, 0.2) is 30.1 Å². The quantitative estimate of drug-likeness (QED) is 0.735. The van der Waals surface area contributed by atoms with Crippen molar-refractivity contribution in [3.63, 3.8) is 0 Å². The van der Waals surface area contributed by atoms with Gasteiger partial charge in [0.2, 0.25) is 0 Å². The van der Waals surface area contributed by atoms with Gasteiger partial charge in [0.25, 0.3) is 0 Å². The number of esters is 1. The predicted octanol–water partition coefficient (Wildman–Crippen LogP) is 1.09. The summed E-state index contributed by atoms with van der Waals surface area (Å²) >= 11 is 0. The van der Waals surface area contributed by atoms with E-state index >= 15 is 0 Å². The Morgan fingerprint density at radius 2 is 2.41 bits per heavy atom. The number of aliphatic hydroxyl groups is 1. The number of nitrogens with zero attached hydrogens (tertiary/aromatic N) is 1. The first kappa shape index (κ1) is 10.5. The molecule has 0 bridgehead atoms. The molecule has 1 spiro atoms. The minimum atomic E-state index is -0.789. The van der Waals surface area contributed by atoms with Crippen LogP contribution in [0, 0.1) is 0 Å². The molecule has 0 saturated carbocycles. The van der Waals surface area contributed by atoms with Crippen molar-refractivity contribution in [1.82, 2.24) is 4.98 Å². The lowest BCUT2D eigenvalue weighted by Gasteiger charge is -2.21. The van der Waals surface area contributed by atoms with Crippen molar-refractivity contribution in [1.29, 1.82) is 0 Å². The molecule has 3 rings (SSSR count). The standard InChI is InChI=1S/C13H13NO3/c1-8(15)10-6-13(17-12(10)16)4-2-9-3-5-14-7-11(9)13/h3,5-8,15H,2,4H2,1H3/t8-,13+/m1/s1. The van der Waals surface area contributed by atoms with Crippen LogP contribution in [0.4, 0.5) is 0 Å². The molecule has 2 atom stereocenters. The third kappa shape index (κ3) is 1.41. The van der Waals surface area contributed by atoms with Gasteiger partial charge in [-0.3, -0.25) is 4.98 Å². The maximum absolute atomic E-state index is 11.7. The Labute approximate surface area is 98.9 Å². The first-order valence-electron chi connectivity index (χ1n) is 5.70. The molecule has 0 unspecified atom stereocenters. The van der Waals surface area contributed by atoms with E-state index < -0.39 is 17.7 Å². The normalized spacial score (nSPS) is 27.9. The molecule has 4 heteroatoms. The second kappa shape index (κ2) is 3.40. The number of hydrogen-bond donors (Lipinski definition) is 1. The summed E-state index contributed by atoms with van der Waals surface area (Å²) in [5.41, 5.74) is 1.77. The highest BCUT2D eigenvalue weighted by atomic mass is 16.6. The van der Waals surface area contributed by atoms with E-state index in [0.717, 1.165) is 24.0 Å². The lowest BCUT2D eigenvalue weighted by Crippen LogP contribution is -2.22. The Balaban J connectivity index is 2.10. The van der Waals surface area contributed by atoms with Crippen molar-refractivity contribution in [2.24, 2.45) is 0 Å². The molecule has 1 aromatic rings. The van der Waals surface area contributed by atoms with Crippen molar-refractivity contribution in [2.45, 2.75) is 31.5 Å². The second-order valence-electron chi connectivity index (χ2n) is 4.59. The Kier molecular flexibility index (Phi) is 2.10. The average molecular weight is 231 g/mol. The predicted molar refractivity (Wildman–Crippen MR) is 60.1 cm³/mol. The Morgan fingerprint density at radius 1 is 1.59 bits per heavy atom. The molecule has 88 valence electrons. The summed E-state index contributed by atoms with van der Waals surface area (Å²) in [5.74, 6) is -0.420. The summed E-state index contributed by atoms with van der Waals surface area (Å²) in [6, 6.07) is 1.95. The average Bonchev–Trinajstić information content (AvgIpc) is 2.83. The molecule has 1 aliphatic carbocycles. The van der Waals surface area contributed by atoms with Gasteiger partial charge in [0.05, 0.1) is 11.7 Å². The van der Waals surface area contributed by atoms with E-state index in [1.807, 2.05) is 6.07 Å². The number of carbonyl (C=O) groups is 1. The van der Waals surface area contributed by atoms with Crippen LogP contribution in [-0.4, -0.2) is 22.2 Å². The number of fused-ring (bicyclic) bond motifs is 2. The molecule has 4 nitrogen and oxygen atoms in total. The molecule has 2 aliphatic rings. The molecule has 0 radical (unpaired) electrons. The van der Waals surface area contributed by atoms with Crippen LogP contribution in [0.2, 0.25) is 0 Å². The number of pyridine rings is 1. The zero-order valence-corrected chi connectivity index (χ0v) is 9.51. The number of aliphatic hydroxyl groups excluding tert-OH is 1. The van der Waals surface area contributed by atoms with Crippen LogP contribution in [0.5, 0.6) is 0 Å². The summed E-state index contributed by atoms with van der Waals surface area (Å²) in [6.07, 6.45) is 6.06. The summed E-state index contributed by atoms with van der Waals surface area (Å²) in [6.45, 7) is 1.57. The Morgan fingerprint density at radius 3 is 3.12 bits per heavy atom. The van der Waals surface area contributed by atoms with Crippen LogP contribution in [-0.2, 0) is 21.6 Å². The number of ether oxygens (including phenoxy) is 1. The van der Waals surface area contributed by atoms with Crippen LogP contribution in [0.1, 0.15) is 24.5 Å². The van der Waals surface area contributed by atoms with E-state index in [0.29, 0.717) is 5.57 Å². The summed E-state index contributed by atoms with van der Waals surface area (Å²) in [4.78, 5) is 15.8. The van der Waals surface area contributed by atoms with Gasteiger partial charge in [-0.15, -0.1) is 0 Å². The minimum absolute atomic E-state index is 0.349. The molecule has 0 aromatic carbocycles. The highest BCUT2D eigenvalue weighted by Gasteiger charge is 2.46. The zero-order valence-electron chi connectivity index (χ0n) is 9.51. The molecule has 0 fully saturated rings. The van der Waals surface area contributed by atoms with E-state index in [9.17, 15) is 9.90 Å². The molecule has 1 aromatic heterocycles. The van der Waals surface area contributed by atoms with E-state index in [-0.39, 0.29) is 0 Å². The van der Waals surface area contributed by atoms with Gasteiger partial charge in [-0.25, -0.2) is 4.79 Å². The summed E-state index contributed by atoms with van der Waals surface area (Å²) in [7, 11) is 0. The third-order valence-corrected chi connectivity index (χ3v) is 3.48. The van der Waals surface area contributed by atoms with E-state index in [1.165, 1.54) is 0 Å². The van der Waals surface area contributed by atoms with Crippen molar-refractivity contribution >= 4 is 5.97 Å². The van der Waals surface area contributed by atoms with Gasteiger partial charge >= 0.3 is 5.97 Å². The molecule has 2 heterocycles. The molecule has 0 amide bonds.